The molecule has 1 aromatic rings. The molecule has 1 aliphatic heterocycles. The van der Waals surface area contributed by atoms with Gasteiger partial charge in [-0.15, -0.1) is 0 Å². The average Bonchev–Trinajstić information content (AvgIpc) is 2.87. The predicted molar refractivity (Wildman–Crippen MR) is 91.4 cm³/mol. The SMILES string of the molecule is CCC1=C(C)/C(=C\C=C\c2[nH]c(C)c(CC)c2C)[NH+]=C1C.[Br-]. The molecule has 0 atom stereocenters. The molecule has 1 aromatic heterocycles. The summed E-state index contributed by atoms with van der Waals surface area (Å²) in [6, 6.07) is 0. The van der Waals surface area contributed by atoms with Crippen LogP contribution >= 0.6 is 0 Å². The first-order valence-electron chi connectivity index (χ1n) is 7.87. The van der Waals surface area contributed by atoms with Crippen molar-refractivity contribution in [1.29, 1.82) is 0 Å². The number of nitrogens with one attached hydrogen (secondary N) is 2. The molecule has 0 amide bonds. The zero-order chi connectivity index (χ0) is 15.6. The molecule has 0 saturated carbocycles. The summed E-state index contributed by atoms with van der Waals surface area (Å²) in [6.07, 6.45) is 8.64. The lowest BCUT2D eigenvalue weighted by molar-refractivity contribution is -0.388. The van der Waals surface area contributed by atoms with Crippen LogP contribution in [0.4, 0.5) is 0 Å². The second kappa shape index (κ2) is 7.77. The minimum absolute atomic E-state index is 0. The number of hydrogen-bond acceptors (Lipinski definition) is 0. The molecule has 0 fully saturated rings. The van der Waals surface area contributed by atoms with Crippen molar-refractivity contribution >= 4 is 11.8 Å². The second-order valence-corrected chi connectivity index (χ2v) is 5.77. The Balaban J connectivity index is 0.00000242. The van der Waals surface area contributed by atoms with E-state index in [0.717, 1.165) is 12.8 Å². The zero-order valence-electron chi connectivity index (χ0n) is 14.5. The molecule has 0 saturated heterocycles. The highest BCUT2D eigenvalue weighted by Gasteiger charge is 2.22. The van der Waals surface area contributed by atoms with Crippen molar-refractivity contribution in [2.24, 2.45) is 0 Å². The van der Waals surface area contributed by atoms with Gasteiger partial charge in [-0.1, -0.05) is 19.9 Å². The number of H-pyrrole nitrogens is 1. The van der Waals surface area contributed by atoms with Crippen LogP contribution in [0.5, 0.6) is 0 Å². The van der Waals surface area contributed by atoms with Gasteiger partial charge in [0, 0.05) is 35.5 Å². The maximum Gasteiger partial charge on any atom is 0.207 e. The summed E-state index contributed by atoms with van der Waals surface area (Å²) < 4.78 is 0. The van der Waals surface area contributed by atoms with Crippen molar-refractivity contribution in [2.75, 3.05) is 0 Å². The number of aryl methyl sites for hydroxylation is 1. The fourth-order valence-corrected chi connectivity index (χ4v) is 3.26. The number of aromatic nitrogens is 1. The van der Waals surface area contributed by atoms with Gasteiger partial charge in [-0.2, -0.15) is 0 Å². The van der Waals surface area contributed by atoms with Gasteiger partial charge in [0.1, 0.15) is 0 Å². The van der Waals surface area contributed by atoms with Crippen LogP contribution in [-0.2, 0) is 6.42 Å². The van der Waals surface area contributed by atoms with Gasteiger partial charge in [0.2, 0.25) is 5.70 Å². The van der Waals surface area contributed by atoms with Gasteiger partial charge in [-0.05, 0) is 50.8 Å². The Morgan fingerprint density at radius 1 is 1.05 bits per heavy atom. The Bertz CT molecular complexity index is 670. The molecule has 1 aliphatic rings. The maximum absolute atomic E-state index is 3.48. The van der Waals surface area contributed by atoms with Gasteiger partial charge in [-0.25, -0.2) is 4.99 Å². The lowest BCUT2D eigenvalue weighted by Crippen LogP contribution is -3.00. The molecule has 0 aromatic carbocycles. The Hall–Kier alpha value is -1.35. The summed E-state index contributed by atoms with van der Waals surface area (Å²) in [4.78, 5) is 6.95. The van der Waals surface area contributed by atoms with E-state index in [1.165, 1.54) is 45.1 Å². The largest absolute Gasteiger partial charge is 1.00 e. The van der Waals surface area contributed by atoms with E-state index >= 15 is 0 Å². The molecule has 2 rings (SSSR count). The van der Waals surface area contributed by atoms with Crippen molar-refractivity contribution in [3.05, 3.63) is 51.5 Å². The van der Waals surface area contributed by atoms with Crippen LogP contribution in [0.3, 0.4) is 0 Å². The summed E-state index contributed by atoms with van der Waals surface area (Å²) in [5, 5.41) is 0. The van der Waals surface area contributed by atoms with Gasteiger partial charge < -0.3 is 22.0 Å². The summed E-state index contributed by atoms with van der Waals surface area (Å²) >= 11 is 0. The fraction of sp³-hybridized carbons (Fsp3) is 0.421. The number of allylic oxidation sites excluding steroid dienone is 4. The minimum atomic E-state index is 0. The molecule has 22 heavy (non-hydrogen) atoms. The topological polar surface area (TPSA) is 29.8 Å². The van der Waals surface area contributed by atoms with E-state index in [0.29, 0.717) is 0 Å². The van der Waals surface area contributed by atoms with Gasteiger partial charge >= 0.3 is 0 Å². The second-order valence-electron chi connectivity index (χ2n) is 5.77. The minimum Gasteiger partial charge on any atom is -1.00 e. The number of halogens is 1. The highest BCUT2D eigenvalue weighted by Crippen LogP contribution is 2.20. The molecule has 3 heteroatoms. The summed E-state index contributed by atoms with van der Waals surface area (Å²) in [5.74, 6) is 0. The first kappa shape index (κ1) is 18.7. The Morgan fingerprint density at radius 3 is 2.23 bits per heavy atom. The molecule has 0 radical (unpaired) electrons. The third-order valence-corrected chi connectivity index (χ3v) is 4.50. The summed E-state index contributed by atoms with van der Waals surface area (Å²) in [7, 11) is 0. The maximum atomic E-state index is 3.48. The van der Waals surface area contributed by atoms with E-state index in [9.17, 15) is 0 Å². The molecule has 0 spiro atoms. The fourth-order valence-electron chi connectivity index (χ4n) is 3.26. The van der Waals surface area contributed by atoms with Crippen molar-refractivity contribution in [1.82, 2.24) is 4.98 Å². The molecule has 0 bridgehead atoms. The normalized spacial score (nSPS) is 16.6. The molecule has 0 unspecified atom stereocenters. The van der Waals surface area contributed by atoms with Crippen LogP contribution in [0.2, 0.25) is 0 Å². The van der Waals surface area contributed by atoms with E-state index in [4.69, 9.17) is 0 Å². The molecule has 2 nitrogen and oxygen atoms in total. The molecule has 0 aliphatic carbocycles. The average molecular weight is 363 g/mol. The number of aromatic amines is 1. The summed E-state index contributed by atoms with van der Waals surface area (Å²) in [6.45, 7) is 13.1. The Kier molecular flexibility index (Phi) is 6.61. The van der Waals surface area contributed by atoms with E-state index in [-0.39, 0.29) is 17.0 Å². The van der Waals surface area contributed by atoms with Crippen LogP contribution in [-0.4, -0.2) is 10.7 Å². The third-order valence-electron chi connectivity index (χ3n) is 4.50. The number of rotatable bonds is 4. The van der Waals surface area contributed by atoms with Gasteiger partial charge in [0.25, 0.3) is 0 Å². The number of hydrogen-bond donors (Lipinski definition) is 2. The lowest BCUT2D eigenvalue weighted by atomic mass is 10.0. The molecule has 2 heterocycles. The quantitative estimate of drug-likeness (QED) is 0.775. The van der Waals surface area contributed by atoms with Crippen molar-refractivity contribution in [2.45, 2.75) is 54.4 Å². The first-order valence-corrected chi connectivity index (χ1v) is 7.87. The molecular weight excluding hydrogens is 336 g/mol. The predicted octanol–water partition coefficient (Wildman–Crippen LogP) is 0.377. The van der Waals surface area contributed by atoms with E-state index in [1.54, 1.807) is 0 Å². The zero-order valence-corrected chi connectivity index (χ0v) is 16.1. The highest BCUT2D eigenvalue weighted by molar-refractivity contribution is 5.96. The summed E-state index contributed by atoms with van der Waals surface area (Å²) in [5.41, 5.74) is 10.6. The van der Waals surface area contributed by atoms with Crippen LogP contribution in [0.25, 0.3) is 6.08 Å². The molecule has 2 N–H and O–H groups in total. The Morgan fingerprint density at radius 2 is 1.73 bits per heavy atom. The first-order chi connectivity index (χ1) is 9.99. The van der Waals surface area contributed by atoms with E-state index < -0.39 is 0 Å². The molecular formula is C19H27BrN2. The lowest BCUT2D eigenvalue weighted by Gasteiger charge is -1.95. The standard InChI is InChI=1S/C19H26N2.BrH/c1-7-16-12(3)18(20-14(16)5)10-9-11-19-13(4)17(8-2)15(6)21-19;/h9-11,20H,7-8H2,1-6H3;1H/b10-9+,19-11+;. The Labute approximate surface area is 144 Å². The van der Waals surface area contributed by atoms with Gasteiger partial charge in [-0.3, -0.25) is 0 Å². The van der Waals surface area contributed by atoms with E-state index in [2.05, 4.69) is 69.7 Å². The third kappa shape index (κ3) is 3.52. The van der Waals surface area contributed by atoms with Crippen molar-refractivity contribution in [3.8, 4) is 0 Å². The van der Waals surface area contributed by atoms with E-state index in [1.807, 2.05) is 0 Å². The van der Waals surface area contributed by atoms with Crippen LogP contribution in [0.1, 0.15) is 56.6 Å². The van der Waals surface area contributed by atoms with Crippen molar-refractivity contribution in [3.63, 3.8) is 0 Å². The van der Waals surface area contributed by atoms with Gasteiger partial charge in [0.05, 0.1) is 0 Å². The monoisotopic (exact) mass is 362 g/mol. The smallest absolute Gasteiger partial charge is 0.207 e. The molecule has 120 valence electrons. The van der Waals surface area contributed by atoms with Crippen LogP contribution < -0.4 is 22.0 Å². The van der Waals surface area contributed by atoms with Crippen LogP contribution in [0.15, 0.2) is 29.0 Å². The highest BCUT2D eigenvalue weighted by atomic mass is 79.9. The van der Waals surface area contributed by atoms with Crippen molar-refractivity contribution < 1.29 is 22.0 Å². The van der Waals surface area contributed by atoms with Crippen LogP contribution in [0, 0.1) is 13.8 Å². The van der Waals surface area contributed by atoms with Gasteiger partial charge in [0.15, 0.2) is 5.71 Å².